The summed E-state index contributed by atoms with van der Waals surface area (Å²) >= 11 is 2.86. The highest BCUT2D eigenvalue weighted by Gasteiger charge is 2.49. The van der Waals surface area contributed by atoms with Gasteiger partial charge in [-0.2, -0.15) is 8.78 Å². The Balaban J connectivity index is 3.32. The van der Waals surface area contributed by atoms with E-state index in [1.807, 2.05) is 0 Å². The second kappa shape index (κ2) is 5.77. The minimum atomic E-state index is -4.76. The number of carbonyl (C=O) groups excluding carboxylic acids is 1. The van der Waals surface area contributed by atoms with Gasteiger partial charge in [-0.15, -0.1) is 0 Å². The number of hydrogen-bond donors (Lipinski definition) is 0. The molecule has 0 bridgehead atoms. The van der Waals surface area contributed by atoms with E-state index in [2.05, 4.69) is 15.9 Å². The number of methoxy groups -OCH3 is 2. The van der Waals surface area contributed by atoms with Crippen LogP contribution >= 0.6 is 15.9 Å². The van der Waals surface area contributed by atoms with Crippen molar-refractivity contribution in [2.24, 2.45) is 0 Å². The molecule has 106 valence electrons. The van der Waals surface area contributed by atoms with Crippen LogP contribution in [0.2, 0.25) is 0 Å². The van der Waals surface area contributed by atoms with Gasteiger partial charge in [0.15, 0.2) is 11.5 Å². The number of hydrogen-bond acceptors (Lipinski definition) is 3. The van der Waals surface area contributed by atoms with Crippen molar-refractivity contribution < 1.29 is 31.8 Å². The smallest absolute Gasteiger partial charge is 0.368 e. The van der Waals surface area contributed by atoms with Crippen molar-refractivity contribution in [3.63, 3.8) is 0 Å². The van der Waals surface area contributed by atoms with E-state index >= 15 is 0 Å². The number of Topliss-reactive ketones (excluding diaryl/α,β-unsaturated/α-hetero) is 1. The fourth-order valence-corrected chi connectivity index (χ4v) is 1.81. The van der Waals surface area contributed by atoms with E-state index in [9.17, 15) is 22.4 Å². The van der Waals surface area contributed by atoms with Crippen molar-refractivity contribution in [2.75, 3.05) is 14.2 Å². The van der Waals surface area contributed by atoms with Gasteiger partial charge in [-0.3, -0.25) is 4.79 Å². The van der Waals surface area contributed by atoms with E-state index in [-0.39, 0.29) is 16.0 Å². The van der Waals surface area contributed by atoms with Gasteiger partial charge in [-0.05, 0) is 28.1 Å². The molecule has 0 saturated carbocycles. The highest BCUT2D eigenvalue weighted by Crippen LogP contribution is 2.37. The van der Waals surface area contributed by atoms with Crippen LogP contribution in [0.25, 0.3) is 0 Å². The Hall–Kier alpha value is -1.31. The molecule has 8 heteroatoms. The predicted molar refractivity (Wildman–Crippen MR) is 62.5 cm³/mol. The second-order valence-electron chi connectivity index (χ2n) is 3.44. The summed E-state index contributed by atoms with van der Waals surface area (Å²) in [7, 11) is 2.53. The first-order valence-electron chi connectivity index (χ1n) is 4.88. The Labute approximate surface area is 114 Å². The Morgan fingerprint density at radius 2 is 1.68 bits per heavy atom. The van der Waals surface area contributed by atoms with Gasteiger partial charge >= 0.3 is 12.3 Å². The molecule has 3 nitrogen and oxygen atoms in total. The van der Waals surface area contributed by atoms with Gasteiger partial charge < -0.3 is 9.47 Å². The number of carbonyl (C=O) groups is 1. The van der Waals surface area contributed by atoms with Gasteiger partial charge in [0.05, 0.1) is 14.2 Å². The molecule has 0 fully saturated rings. The van der Waals surface area contributed by atoms with Crippen LogP contribution in [0.1, 0.15) is 10.4 Å². The molecule has 0 aromatic heterocycles. The van der Waals surface area contributed by atoms with Crippen LogP contribution in [0, 0.1) is 0 Å². The Morgan fingerprint density at radius 3 is 2.11 bits per heavy atom. The first-order chi connectivity index (χ1) is 8.75. The predicted octanol–water partition coefficient (Wildman–Crippen LogP) is 3.55. The lowest BCUT2D eigenvalue weighted by Gasteiger charge is -2.16. The molecule has 0 aliphatic heterocycles. The maximum Gasteiger partial charge on any atom is 0.368 e. The molecule has 0 unspecified atom stereocenters. The van der Waals surface area contributed by atoms with Crippen LogP contribution in [0.15, 0.2) is 16.6 Å². The molecule has 0 atom stereocenters. The fraction of sp³-hybridized carbons (Fsp3) is 0.364. The van der Waals surface area contributed by atoms with Crippen LogP contribution in [-0.2, 0) is 0 Å². The molecule has 1 rings (SSSR count). The number of ether oxygens (including phenoxy) is 2. The van der Waals surface area contributed by atoms with Crippen LogP contribution in [0.5, 0.6) is 11.5 Å². The summed E-state index contributed by atoms with van der Waals surface area (Å²) in [5.74, 6) is -6.59. The minimum absolute atomic E-state index is 0.0147. The summed E-state index contributed by atoms with van der Waals surface area (Å²) in [6.45, 7) is 0. The van der Waals surface area contributed by atoms with Crippen molar-refractivity contribution in [1.29, 1.82) is 0 Å². The maximum absolute atomic E-state index is 13.0. The molecule has 1 aromatic carbocycles. The lowest BCUT2D eigenvalue weighted by Crippen LogP contribution is -2.36. The molecule has 0 aliphatic carbocycles. The van der Waals surface area contributed by atoms with E-state index in [0.29, 0.717) is 0 Å². The number of rotatable bonds is 5. The van der Waals surface area contributed by atoms with E-state index in [0.717, 1.165) is 6.07 Å². The summed E-state index contributed by atoms with van der Waals surface area (Å²) in [5, 5.41) is 0. The SMILES string of the molecule is COc1cc(Br)c(C(=O)C(F)(F)C(F)F)cc1OC. The highest BCUT2D eigenvalue weighted by atomic mass is 79.9. The molecule has 19 heavy (non-hydrogen) atoms. The molecule has 0 radical (unpaired) electrons. The number of halogens is 5. The molecule has 0 N–H and O–H groups in total. The summed E-state index contributed by atoms with van der Waals surface area (Å²) in [5.41, 5.74) is -0.608. The third-order valence-electron chi connectivity index (χ3n) is 2.29. The van der Waals surface area contributed by atoms with Crippen molar-refractivity contribution in [3.8, 4) is 11.5 Å². The summed E-state index contributed by atoms with van der Waals surface area (Å²) in [4.78, 5) is 11.4. The maximum atomic E-state index is 13.0. The molecule has 0 spiro atoms. The first kappa shape index (κ1) is 15.7. The summed E-state index contributed by atoms with van der Waals surface area (Å²) in [6, 6.07) is 2.11. The highest BCUT2D eigenvalue weighted by molar-refractivity contribution is 9.10. The van der Waals surface area contributed by atoms with E-state index in [1.165, 1.54) is 20.3 Å². The minimum Gasteiger partial charge on any atom is -0.493 e. The van der Waals surface area contributed by atoms with Gasteiger partial charge in [0.2, 0.25) is 5.78 Å². The van der Waals surface area contributed by atoms with Crippen LogP contribution in [-0.4, -0.2) is 32.4 Å². The van der Waals surface area contributed by atoms with Gasteiger partial charge in [-0.25, -0.2) is 8.78 Å². The third-order valence-corrected chi connectivity index (χ3v) is 2.95. The lowest BCUT2D eigenvalue weighted by molar-refractivity contribution is -0.0958. The van der Waals surface area contributed by atoms with Crippen molar-refractivity contribution in [2.45, 2.75) is 12.3 Å². The molecule has 0 heterocycles. The Kier molecular flexibility index (Phi) is 4.78. The average Bonchev–Trinajstić information content (AvgIpc) is 2.37. The lowest BCUT2D eigenvalue weighted by atomic mass is 10.0. The number of benzene rings is 1. The van der Waals surface area contributed by atoms with Crippen LogP contribution in [0.4, 0.5) is 17.6 Å². The summed E-state index contributed by atoms with van der Waals surface area (Å²) in [6.07, 6.45) is -4.08. The second-order valence-corrected chi connectivity index (χ2v) is 4.29. The molecular weight excluding hydrogens is 336 g/mol. The van der Waals surface area contributed by atoms with E-state index in [1.54, 1.807) is 0 Å². The standard InChI is InChI=1S/C11H9BrF4O3/c1-18-7-3-5(6(12)4-8(7)19-2)9(17)11(15,16)10(13)14/h3-4,10H,1-2H3. The van der Waals surface area contributed by atoms with E-state index in [4.69, 9.17) is 9.47 Å². The molecular formula is C11H9BrF4O3. The van der Waals surface area contributed by atoms with E-state index < -0.39 is 23.7 Å². The average molecular weight is 345 g/mol. The Morgan fingerprint density at radius 1 is 1.21 bits per heavy atom. The largest absolute Gasteiger partial charge is 0.493 e. The number of ketones is 1. The third kappa shape index (κ3) is 2.99. The zero-order chi connectivity index (χ0) is 14.8. The van der Waals surface area contributed by atoms with Crippen LogP contribution < -0.4 is 9.47 Å². The topological polar surface area (TPSA) is 35.5 Å². The summed E-state index contributed by atoms with van der Waals surface area (Å²) < 4.78 is 60.0. The zero-order valence-electron chi connectivity index (χ0n) is 9.85. The molecule has 1 aromatic rings. The quantitative estimate of drug-likeness (QED) is 0.605. The monoisotopic (exact) mass is 344 g/mol. The molecule has 0 amide bonds. The van der Waals surface area contributed by atoms with Gasteiger partial charge in [-0.1, -0.05) is 0 Å². The van der Waals surface area contributed by atoms with Gasteiger partial charge in [0.25, 0.3) is 0 Å². The molecule has 0 saturated heterocycles. The van der Waals surface area contributed by atoms with Crippen molar-refractivity contribution in [1.82, 2.24) is 0 Å². The van der Waals surface area contributed by atoms with Crippen molar-refractivity contribution >= 4 is 21.7 Å². The number of alkyl halides is 4. The first-order valence-corrected chi connectivity index (χ1v) is 5.67. The van der Waals surface area contributed by atoms with Gasteiger partial charge in [0, 0.05) is 10.0 Å². The molecule has 0 aliphatic rings. The zero-order valence-corrected chi connectivity index (χ0v) is 11.4. The normalized spacial score (nSPS) is 11.6. The van der Waals surface area contributed by atoms with Crippen molar-refractivity contribution in [3.05, 3.63) is 22.2 Å². The van der Waals surface area contributed by atoms with Gasteiger partial charge in [0.1, 0.15) is 0 Å². The van der Waals surface area contributed by atoms with Crippen LogP contribution in [0.3, 0.4) is 0 Å². The fourth-order valence-electron chi connectivity index (χ4n) is 1.31. The Bertz CT molecular complexity index is 491.